The molecule has 21 heavy (non-hydrogen) atoms. The fourth-order valence-corrected chi connectivity index (χ4v) is 3.51. The molecular formula is C14H10F4O2S. The quantitative estimate of drug-likeness (QED) is 0.785. The van der Waals surface area contributed by atoms with Crippen LogP contribution in [-0.4, -0.2) is 8.42 Å². The van der Waals surface area contributed by atoms with Crippen molar-refractivity contribution >= 4 is 9.84 Å². The first-order valence-electron chi connectivity index (χ1n) is 5.81. The minimum Gasteiger partial charge on any atom is -0.218 e. The summed E-state index contributed by atoms with van der Waals surface area (Å²) >= 11 is 0. The molecule has 0 radical (unpaired) electrons. The maximum atomic E-state index is 13.5. The number of benzene rings is 2. The summed E-state index contributed by atoms with van der Waals surface area (Å²) in [6.45, 7) is 1.61. The lowest BCUT2D eigenvalue weighted by atomic mass is 10.2. The molecule has 2 aromatic rings. The highest BCUT2D eigenvalue weighted by atomic mass is 32.2. The van der Waals surface area contributed by atoms with Crippen LogP contribution < -0.4 is 0 Å². The summed E-state index contributed by atoms with van der Waals surface area (Å²) in [6, 6.07) is 7.70. The number of hydrogen-bond donors (Lipinski definition) is 0. The fourth-order valence-electron chi connectivity index (χ4n) is 1.91. The lowest BCUT2D eigenvalue weighted by molar-refractivity contribution is -0.142. The zero-order chi connectivity index (χ0) is 15.8. The van der Waals surface area contributed by atoms with Gasteiger partial charge in [0.15, 0.2) is 0 Å². The Morgan fingerprint density at radius 2 is 1.62 bits per heavy atom. The Morgan fingerprint density at radius 3 is 2.19 bits per heavy atom. The van der Waals surface area contributed by atoms with Gasteiger partial charge < -0.3 is 0 Å². The van der Waals surface area contributed by atoms with Gasteiger partial charge >= 0.3 is 6.18 Å². The smallest absolute Gasteiger partial charge is 0.218 e. The van der Waals surface area contributed by atoms with Crippen molar-refractivity contribution in [2.24, 2.45) is 0 Å². The number of sulfone groups is 1. The molecule has 0 saturated heterocycles. The molecule has 0 saturated carbocycles. The molecular weight excluding hydrogens is 308 g/mol. The van der Waals surface area contributed by atoms with Gasteiger partial charge in [0.05, 0.1) is 9.79 Å². The van der Waals surface area contributed by atoms with Crippen molar-refractivity contribution in [3.05, 3.63) is 59.4 Å². The first kappa shape index (κ1) is 15.5. The van der Waals surface area contributed by atoms with Crippen LogP contribution in [0.5, 0.6) is 0 Å². The van der Waals surface area contributed by atoms with Crippen LogP contribution in [0.2, 0.25) is 0 Å². The van der Waals surface area contributed by atoms with Gasteiger partial charge in [0.1, 0.15) is 11.4 Å². The van der Waals surface area contributed by atoms with Crippen molar-refractivity contribution in [2.45, 2.75) is 22.9 Å². The van der Waals surface area contributed by atoms with Gasteiger partial charge in [0.25, 0.3) is 0 Å². The van der Waals surface area contributed by atoms with Crippen LogP contribution in [0.15, 0.2) is 52.3 Å². The summed E-state index contributed by atoms with van der Waals surface area (Å²) in [5.41, 5.74) is -1.20. The minimum atomic E-state index is -5.10. The molecule has 112 valence electrons. The number of aryl methyl sites for hydroxylation is 1. The Labute approximate surface area is 119 Å². The van der Waals surface area contributed by atoms with E-state index in [0.717, 1.165) is 12.1 Å². The largest absolute Gasteiger partial charge is 0.420 e. The number of rotatable bonds is 2. The van der Waals surface area contributed by atoms with Crippen LogP contribution in [0, 0.1) is 12.7 Å². The molecule has 0 spiro atoms. The van der Waals surface area contributed by atoms with Crippen LogP contribution in [0.25, 0.3) is 0 Å². The SMILES string of the molecule is Cc1cccc(S(=O)(=O)c2cccc(F)c2C(F)(F)F)c1. The molecule has 0 atom stereocenters. The molecule has 2 nitrogen and oxygen atoms in total. The summed E-state index contributed by atoms with van der Waals surface area (Å²) in [4.78, 5) is -1.39. The third kappa shape index (κ3) is 2.92. The van der Waals surface area contributed by atoms with Crippen molar-refractivity contribution in [3.8, 4) is 0 Å². The molecule has 0 N–H and O–H groups in total. The van der Waals surface area contributed by atoms with Gasteiger partial charge in [0.2, 0.25) is 9.84 Å². The summed E-state index contributed by atoms with van der Waals surface area (Å²) in [7, 11) is -4.46. The third-order valence-corrected chi connectivity index (χ3v) is 4.64. The predicted octanol–water partition coefficient (Wildman–Crippen LogP) is 3.99. The van der Waals surface area contributed by atoms with Gasteiger partial charge in [-0.2, -0.15) is 13.2 Å². The van der Waals surface area contributed by atoms with Crippen molar-refractivity contribution in [1.82, 2.24) is 0 Å². The molecule has 7 heteroatoms. The van der Waals surface area contributed by atoms with Gasteiger partial charge in [-0.25, -0.2) is 12.8 Å². The van der Waals surface area contributed by atoms with Crippen LogP contribution in [0.1, 0.15) is 11.1 Å². The van der Waals surface area contributed by atoms with Crippen molar-refractivity contribution in [3.63, 3.8) is 0 Å². The van der Waals surface area contributed by atoms with Crippen LogP contribution in [-0.2, 0) is 16.0 Å². The highest BCUT2D eigenvalue weighted by molar-refractivity contribution is 7.91. The highest BCUT2D eigenvalue weighted by Gasteiger charge is 2.40. The molecule has 2 rings (SSSR count). The Hall–Kier alpha value is -1.89. The zero-order valence-corrected chi connectivity index (χ0v) is 11.6. The maximum Gasteiger partial charge on any atom is 0.420 e. The van der Waals surface area contributed by atoms with Gasteiger partial charge in [-0.1, -0.05) is 18.2 Å². The van der Waals surface area contributed by atoms with E-state index in [4.69, 9.17) is 0 Å². The van der Waals surface area contributed by atoms with Gasteiger partial charge in [0, 0.05) is 0 Å². The Morgan fingerprint density at radius 1 is 1.00 bits per heavy atom. The monoisotopic (exact) mass is 318 g/mol. The summed E-state index contributed by atoms with van der Waals surface area (Å²) in [6.07, 6.45) is -5.10. The fraction of sp³-hybridized carbons (Fsp3) is 0.143. The highest BCUT2D eigenvalue weighted by Crippen LogP contribution is 2.38. The van der Waals surface area contributed by atoms with E-state index in [9.17, 15) is 26.0 Å². The van der Waals surface area contributed by atoms with Gasteiger partial charge in [-0.3, -0.25) is 0 Å². The van der Waals surface area contributed by atoms with E-state index in [1.807, 2.05) is 0 Å². The lowest BCUT2D eigenvalue weighted by Gasteiger charge is -2.14. The molecule has 0 aliphatic heterocycles. The van der Waals surface area contributed by atoms with E-state index in [1.165, 1.54) is 18.2 Å². The number of hydrogen-bond acceptors (Lipinski definition) is 2. The molecule has 0 unspecified atom stereocenters. The summed E-state index contributed by atoms with van der Waals surface area (Å²) < 4.78 is 77.0. The van der Waals surface area contributed by atoms with Gasteiger partial charge in [-0.05, 0) is 36.8 Å². The molecule has 0 bridgehead atoms. The number of halogens is 4. The first-order chi connectivity index (χ1) is 9.64. The van der Waals surface area contributed by atoms with Crippen molar-refractivity contribution in [2.75, 3.05) is 0 Å². The second-order valence-corrected chi connectivity index (χ2v) is 6.35. The van der Waals surface area contributed by atoms with Crippen LogP contribution >= 0.6 is 0 Å². The van der Waals surface area contributed by atoms with Gasteiger partial charge in [-0.15, -0.1) is 0 Å². The topological polar surface area (TPSA) is 34.1 Å². The van der Waals surface area contributed by atoms with E-state index in [2.05, 4.69) is 0 Å². The molecule has 0 aromatic heterocycles. The van der Waals surface area contributed by atoms with Crippen LogP contribution in [0.3, 0.4) is 0 Å². The Kier molecular flexibility index (Phi) is 3.79. The Balaban J connectivity index is 2.75. The van der Waals surface area contributed by atoms with E-state index >= 15 is 0 Å². The van der Waals surface area contributed by atoms with Crippen LogP contribution in [0.4, 0.5) is 17.6 Å². The second kappa shape index (κ2) is 5.14. The normalized spacial score (nSPS) is 12.4. The van der Waals surface area contributed by atoms with E-state index in [1.54, 1.807) is 13.0 Å². The minimum absolute atomic E-state index is 0.307. The number of alkyl halides is 3. The summed E-state index contributed by atoms with van der Waals surface area (Å²) in [5, 5.41) is 0. The third-order valence-electron chi connectivity index (χ3n) is 2.85. The van der Waals surface area contributed by atoms with E-state index < -0.39 is 32.3 Å². The Bertz CT molecular complexity index is 780. The zero-order valence-electron chi connectivity index (χ0n) is 10.8. The average molecular weight is 318 g/mol. The maximum absolute atomic E-state index is 13.5. The molecule has 0 aliphatic rings. The van der Waals surface area contributed by atoms with Crippen molar-refractivity contribution in [1.29, 1.82) is 0 Å². The van der Waals surface area contributed by atoms with E-state index in [-0.39, 0.29) is 4.90 Å². The van der Waals surface area contributed by atoms with E-state index in [0.29, 0.717) is 11.6 Å². The molecule has 0 aliphatic carbocycles. The molecule has 0 fully saturated rings. The predicted molar refractivity (Wildman–Crippen MR) is 68.0 cm³/mol. The average Bonchev–Trinajstić information content (AvgIpc) is 2.37. The van der Waals surface area contributed by atoms with Crippen molar-refractivity contribution < 1.29 is 26.0 Å². The summed E-state index contributed by atoms with van der Waals surface area (Å²) in [5.74, 6) is -1.61. The lowest BCUT2D eigenvalue weighted by Crippen LogP contribution is -2.16. The molecule has 0 heterocycles. The first-order valence-corrected chi connectivity index (χ1v) is 7.30. The molecule has 0 amide bonds. The molecule has 2 aromatic carbocycles. The standard InChI is InChI=1S/C14H10F4O2S/c1-9-4-2-5-10(8-9)21(19,20)12-7-3-6-11(15)13(12)14(16,17)18/h2-8H,1H3. The second-order valence-electron chi connectivity index (χ2n) is 4.43.